The van der Waals surface area contributed by atoms with Gasteiger partial charge in [-0.1, -0.05) is 6.07 Å². The van der Waals surface area contributed by atoms with Crippen molar-refractivity contribution in [2.75, 3.05) is 0 Å². The van der Waals surface area contributed by atoms with Gasteiger partial charge in [0, 0.05) is 16.2 Å². The molecule has 0 radical (unpaired) electrons. The van der Waals surface area contributed by atoms with E-state index in [4.69, 9.17) is 5.84 Å². The minimum absolute atomic E-state index is 0.273. The summed E-state index contributed by atoms with van der Waals surface area (Å²) in [4.78, 5) is 4.27. The van der Waals surface area contributed by atoms with E-state index in [1.807, 2.05) is 32.0 Å². The summed E-state index contributed by atoms with van der Waals surface area (Å²) >= 11 is 3.32. The number of nitrogens with two attached hydrogens (primary N) is 1. The fourth-order valence-electron chi connectivity index (χ4n) is 2.17. The second-order valence-corrected chi connectivity index (χ2v) is 5.39. The van der Waals surface area contributed by atoms with Crippen LogP contribution in [0.1, 0.15) is 28.4 Å². The van der Waals surface area contributed by atoms with Gasteiger partial charge in [0.2, 0.25) is 0 Å². The van der Waals surface area contributed by atoms with Crippen LogP contribution in [0.4, 0.5) is 4.39 Å². The number of nitrogens with one attached hydrogen (secondary N) is 1. The van der Waals surface area contributed by atoms with E-state index in [0.29, 0.717) is 11.3 Å². The summed E-state index contributed by atoms with van der Waals surface area (Å²) in [6.07, 6.45) is 1.67. The molecule has 5 heteroatoms. The van der Waals surface area contributed by atoms with Gasteiger partial charge >= 0.3 is 0 Å². The van der Waals surface area contributed by atoms with Crippen molar-refractivity contribution in [3.63, 3.8) is 0 Å². The van der Waals surface area contributed by atoms with E-state index in [0.717, 1.165) is 15.6 Å². The molecule has 0 amide bonds. The summed E-state index contributed by atoms with van der Waals surface area (Å²) in [5.41, 5.74) is 5.58. The smallest absolute Gasteiger partial charge is 0.128 e. The van der Waals surface area contributed by atoms with Gasteiger partial charge in [-0.05, 0) is 59.1 Å². The first-order valence-corrected chi connectivity index (χ1v) is 6.66. The lowest BCUT2D eigenvalue weighted by Crippen LogP contribution is -2.30. The zero-order valence-electron chi connectivity index (χ0n) is 10.7. The van der Waals surface area contributed by atoms with Crippen molar-refractivity contribution in [2.24, 2.45) is 5.84 Å². The normalized spacial score (nSPS) is 12.5. The van der Waals surface area contributed by atoms with Gasteiger partial charge < -0.3 is 0 Å². The molecule has 1 unspecified atom stereocenters. The fraction of sp³-hybridized carbons (Fsp3) is 0.214. The first kappa shape index (κ1) is 14.1. The molecule has 1 atom stereocenters. The molecule has 3 N–H and O–H groups in total. The Morgan fingerprint density at radius 3 is 2.58 bits per heavy atom. The van der Waals surface area contributed by atoms with E-state index in [1.54, 1.807) is 6.20 Å². The van der Waals surface area contributed by atoms with Crippen LogP contribution in [-0.2, 0) is 0 Å². The predicted molar refractivity (Wildman–Crippen MR) is 77.0 cm³/mol. The van der Waals surface area contributed by atoms with E-state index in [-0.39, 0.29) is 5.82 Å². The third-order valence-corrected chi connectivity index (χ3v) is 3.45. The Morgan fingerprint density at radius 2 is 2.05 bits per heavy atom. The molecule has 0 spiro atoms. The molecule has 3 nitrogen and oxygen atoms in total. The molecule has 2 rings (SSSR count). The van der Waals surface area contributed by atoms with Crippen LogP contribution in [0.5, 0.6) is 0 Å². The van der Waals surface area contributed by atoms with E-state index in [9.17, 15) is 4.39 Å². The summed E-state index contributed by atoms with van der Waals surface area (Å²) in [5, 5.41) is 0. The maximum atomic E-state index is 14.2. The largest absolute Gasteiger partial charge is 0.271 e. The maximum absolute atomic E-state index is 14.2. The minimum Gasteiger partial charge on any atom is -0.271 e. The third-order valence-electron chi connectivity index (χ3n) is 2.98. The van der Waals surface area contributed by atoms with E-state index >= 15 is 0 Å². The number of hydrogen-bond donors (Lipinski definition) is 2. The van der Waals surface area contributed by atoms with Crippen molar-refractivity contribution < 1.29 is 4.39 Å². The molecule has 100 valence electrons. The van der Waals surface area contributed by atoms with Crippen LogP contribution in [0.3, 0.4) is 0 Å². The Hall–Kier alpha value is -1.30. The van der Waals surface area contributed by atoms with Gasteiger partial charge in [-0.15, -0.1) is 0 Å². The van der Waals surface area contributed by atoms with Crippen molar-refractivity contribution in [1.82, 2.24) is 10.4 Å². The summed E-state index contributed by atoms with van der Waals surface area (Å²) < 4.78 is 15.0. The number of rotatable bonds is 3. The molecule has 2 aromatic rings. The van der Waals surface area contributed by atoms with Crippen LogP contribution in [0, 0.1) is 19.7 Å². The van der Waals surface area contributed by atoms with Gasteiger partial charge in [0.25, 0.3) is 0 Å². The predicted octanol–water partition coefficient (Wildman–Crippen LogP) is 3.15. The van der Waals surface area contributed by atoms with Crippen LogP contribution >= 0.6 is 15.9 Å². The average molecular weight is 324 g/mol. The molecule has 0 aliphatic heterocycles. The Balaban J connectivity index is 2.51. The van der Waals surface area contributed by atoms with Crippen LogP contribution < -0.4 is 11.3 Å². The number of halogens is 2. The lowest BCUT2D eigenvalue weighted by atomic mass is 9.96. The second-order valence-electron chi connectivity index (χ2n) is 4.48. The molecule has 19 heavy (non-hydrogen) atoms. The van der Waals surface area contributed by atoms with Crippen molar-refractivity contribution in [1.29, 1.82) is 0 Å². The maximum Gasteiger partial charge on any atom is 0.128 e. The molecule has 1 aromatic heterocycles. The Kier molecular flexibility index (Phi) is 4.29. The third kappa shape index (κ3) is 3.00. The number of hydrogen-bond acceptors (Lipinski definition) is 3. The summed E-state index contributed by atoms with van der Waals surface area (Å²) in [6, 6.07) is 6.64. The Bertz CT molecular complexity index is 561. The number of nitrogens with zero attached hydrogens (tertiary/aromatic N) is 1. The monoisotopic (exact) mass is 323 g/mol. The highest BCUT2D eigenvalue weighted by molar-refractivity contribution is 9.10. The molecule has 0 bridgehead atoms. The van der Waals surface area contributed by atoms with Gasteiger partial charge in [0.1, 0.15) is 5.82 Å². The molecular weight excluding hydrogens is 309 g/mol. The molecule has 1 aromatic carbocycles. The highest BCUT2D eigenvalue weighted by Crippen LogP contribution is 2.27. The first-order valence-electron chi connectivity index (χ1n) is 5.87. The molecule has 0 fully saturated rings. The lowest BCUT2D eigenvalue weighted by molar-refractivity contribution is 0.549. The Labute approximate surface area is 120 Å². The van der Waals surface area contributed by atoms with Gasteiger partial charge in [-0.3, -0.25) is 10.8 Å². The SMILES string of the molecule is Cc1cc(C)c(C(NN)c2ccc(Br)cn2)c(F)c1. The van der Waals surface area contributed by atoms with Crippen molar-refractivity contribution in [2.45, 2.75) is 19.9 Å². The van der Waals surface area contributed by atoms with Gasteiger partial charge in [-0.2, -0.15) is 0 Å². The van der Waals surface area contributed by atoms with E-state index in [2.05, 4.69) is 26.3 Å². The molecule has 0 aliphatic carbocycles. The first-order chi connectivity index (χ1) is 9.02. The van der Waals surface area contributed by atoms with Crippen LogP contribution in [0.15, 0.2) is 34.9 Å². The zero-order chi connectivity index (χ0) is 14.0. The molecule has 0 aliphatic rings. The van der Waals surface area contributed by atoms with Crippen molar-refractivity contribution in [3.8, 4) is 0 Å². The standard InChI is InChI=1S/C14H15BrFN3/c1-8-5-9(2)13(11(16)6-8)14(19-17)12-4-3-10(15)7-18-12/h3-7,14,19H,17H2,1-2H3. The number of aromatic nitrogens is 1. The molecular formula is C14H15BrFN3. The highest BCUT2D eigenvalue weighted by atomic mass is 79.9. The highest BCUT2D eigenvalue weighted by Gasteiger charge is 2.20. The van der Waals surface area contributed by atoms with Crippen LogP contribution in [-0.4, -0.2) is 4.98 Å². The van der Waals surface area contributed by atoms with Crippen molar-refractivity contribution >= 4 is 15.9 Å². The number of benzene rings is 1. The minimum atomic E-state index is -0.464. The number of aryl methyl sites for hydroxylation is 2. The van der Waals surface area contributed by atoms with Crippen LogP contribution in [0.25, 0.3) is 0 Å². The van der Waals surface area contributed by atoms with E-state index in [1.165, 1.54) is 6.07 Å². The molecule has 0 saturated carbocycles. The average Bonchev–Trinajstić information content (AvgIpc) is 2.35. The van der Waals surface area contributed by atoms with E-state index < -0.39 is 6.04 Å². The number of pyridine rings is 1. The summed E-state index contributed by atoms with van der Waals surface area (Å²) in [6.45, 7) is 3.73. The van der Waals surface area contributed by atoms with Gasteiger partial charge in [-0.25, -0.2) is 9.82 Å². The molecule has 1 heterocycles. The summed E-state index contributed by atoms with van der Waals surface area (Å²) in [5.74, 6) is 5.31. The Morgan fingerprint density at radius 1 is 1.32 bits per heavy atom. The quantitative estimate of drug-likeness (QED) is 0.674. The molecule has 0 saturated heterocycles. The van der Waals surface area contributed by atoms with Gasteiger partial charge in [0.15, 0.2) is 0 Å². The topological polar surface area (TPSA) is 50.9 Å². The van der Waals surface area contributed by atoms with Crippen molar-refractivity contribution in [3.05, 3.63) is 63.1 Å². The van der Waals surface area contributed by atoms with Crippen LogP contribution in [0.2, 0.25) is 0 Å². The second kappa shape index (κ2) is 5.77. The fourth-order valence-corrected chi connectivity index (χ4v) is 2.40. The zero-order valence-corrected chi connectivity index (χ0v) is 12.3. The van der Waals surface area contributed by atoms with Gasteiger partial charge in [0.05, 0.1) is 11.7 Å². The lowest BCUT2D eigenvalue weighted by Gasteiger charge is -2.19. The summed E-state index contributed by atoms with van der Waals surface area (Å²) in [7, 11) is 0. The number of hydrazine groups is 1.